The smallest absolute Gasteiger partial charge is 0.251 e. The lowest BCUT2D eigenvalue weighted by Crippen LogP contribution is -2.35. The minimum atomic E-state index is -0.886. The zero-order valence-electron chi connectivity index (χ0n) is 16.3. The molecule has 1 fully saturated rings. The van der Waals surface area contributed by atoms with Gasteiger partial charge in [0.2, 0.25) is 11.8 Å². The van der Waals surface area contributed by atoms with Gasteiger partial charge in [-0.25, -0.2) is 8.78 Å². The molecule has 0 bridgehead atoms. The molecule has 1 saturated heterocycles. The van der Waals surface area contributed by atoms with Gasteiger partial charge in [-0.2, -0.15) is 0 Å². The quantitative estimate of drug-likeness (QED) is 0.757. The number of methoxy groups -OCH3 is 1. The predicted molar refractivity (Wildman–Crippen MR) is 107 cm³/mol. The van der Waals surface area contributed by atoms with Crippen LogP contribution in [-0.2, 0) is 9.59 Å². The van der Waals surface area contributed by atoms with Crippen molar-refractivity contribution >= 4 is 29.1 Å². The minimum absolute atomic E-state index is 0.0161. The van der Waals surface area contributed by atoms with Gasteiger partial charge in [0.15, 0.2) is 0 Å². The van der Waals surface area contributed by atoms with E-state index >= 15 is 0 Å². The Balaban J connectivity index is 1.65. The first-order valence-electron chi connectivity index (χ1n) is 9.40. The van der Waals surface area contributed by atoms with E-state index in [1.807, 2.05) is 0 Å². The van der Waals surface area contributed by atoms with Crippen molar-refractivity contribution in [3.8, 4) is 5.75 Å². The Morgan fingerprint density at radius 3 is 2.50 bits per heavy atom. The van der Waals surface area contributed by atoms with E-state index in [1.165, 1.54) is 7.11 Å². The summed E-state index contributed by atoms with van der Waals surface area (Å²) in [6, 6.07) is 7.28. The maximum Gasteiger partial charge on any atom is 0.251 e. The van der Waals surface area contributed by atoms with Crippen molar-refractivity contribution in [1.82, 2.24) is 5.32 Å². The van der Waals surface area contributed by atoms with Crippen molar-refractivity contribution in [2.45, 2.75) is 19.3 Å². The molecule has 2 aromatic rings. The third-order valence-electron chi connectivity index (χ3n) is 4.61. The third-order valence-corrected chi connectivity index (χ3v) is 4.61. The second-order valence-electron chi connectivity index (χ2n) is 6.78. The number of carbonyl (C=O) groups is 3. The number of piperidine rings is 1. The number of amides is 3. The van der Waals surface area contributed by atoms with Gasteiger partial charge in [0.1, 0.15) is 17.4 Å². The van der Waals surface area contributed by atoms with Crippen molar-refractivity contribution in [3.63, 3.8) is 0 Å². The third kappa shape index (κ3) is 5.11. The highest BCUT2D eigenvalue weighted by molar-refractivity contribution is 6.00. The van der Waals surface area contributed by atoms with Crippen LogP contribution in [0.3, 0.4) is 0 Å². The van der Waals surface area contributed by atoms with Crippen molar-refractivity contribution < 1.29 is 27.9 Å². The lowest BCUT2D eigenvalue weighted by molar-refractivity contribution is -0.119. The predicted octanol–water partition coefficient (Wildman–Crippen LogP) is 2.86. The number of nitrogens with zero attached hydrogens (tertiary/aromatic N) is 1. The molecule has 2 aromatic carbocycles. The standard InChI is InChI=1S/C21H21F2N3O4/c1-30-18-6-5-16(11-17(18)26-7-3-2-4-20(26)28)25-19(27)12-24-21(29)13-8-14(22)10-15(23)9-13/h5-6,8-11H,2-4,7,12H2,1H3,(H,24,29)(H,25,27). The number of nitrogens with one attached hydrogen (secondary N) is 2. The van der Waals surface area contributed by atoms with Gasteiger partial charge in [-0.1, -0.05) is 0 Å². The fourth-order valence-electron chi connectivity index (χ4n) is 3.19. The van der Waals surface area contributed by atoms with E-state index < -0.39 is 30.0 Å². The van der Waals surface area contributed by atoms with Crippen molar-refractivity contribution in [3.05, 3.63) is 53.6 Å². The van der Waals surface area contributed by atoms with Gasteiger partial charge in [-0.3, -0.25) is 14.4 Å². The Morgan fingerprint density at radius 1 is 1.10 bits per heavy atom. The Hall–Kier alpha value is -3.49. The molecule has 7 nitrogen and oxygen atoms in total. The fraction of sp³-hybridized carbons (Fsp3) is 0.286. The van der Waals surface area contributed by atoms with Crippen LogP contribution in [-0.4, -0.2) is 37.9 Å². The second-order valence-corrected chi connectivity index (χ2v) is 6.78. The first-order chi connectivity index (χ1) is 14.4. The van der Waals surface area contributed by atoms with Crippen molar-refractivity contribution in [2.75, 3.05) is 30.4 Å². The van der Waals surface area contributed by atoms with E-state index in [2.05, 4.69) is 10.6 Å². The van der Waals surface area contributed by atoms with E-state index in [9.17, 15) is 23.2 Å². The summed E-state index contributed by atoms with van der Waals surface area (Å²) >= 11 is 0. The van der Waals surface area contributed by atoms with Gasteiger partial charge >= 0.3 is 0 Å². The van der Waals surface area contributed by atoms with E-state index in [0.717, 1.165) is 25.0 Å². The number of benzene rings is 2. The molecule has 2 N–H and O–H groups in total. The molecule has 1 aliphatic rings. The molecule has 3 rings (SSSR count). The van der Waals surface area contributed by atoms with Crippen LogP contribution in [0.1, 0.15) is 29.6 Å². The molecular formula is C21H21F2N3O4. The van der Waals surface area contributed by atoms with Gasteiger partial charge < -0.3 is 20.3 Å². The van der Waals surface area contributed by atoms with Crippen LogP contribution in [0.5, 0.6) is 5.75 Å². The summed E-state index contributed by atoms with van der Waals surface area (Å²) in [6.07, 6.45) is 2.16. The second kappa shape index (κ2) is 9.34. The average molecular weight is 417 g/mol. The summed E-state index contributed by atoms with van der Waals surface area (Å²) in [7, 11) is 1.50. The summed E-state index contributed by atoms with van der Waals surface area (Å²) in [4.78, 5) is 38.1. The van der Waals surface area contributed by atoms with Crippen molar-refractivity contribution in [2.24, 2.45) is 0 Å². The number of anilines is 2. The van der Waals surface area contributed by atoms with Gasteiger partial charge in [0.05, 0.1) is 19.3 Å². The molecule has 0 spiro atoms. The highest BCUT2D eigenvalue weighted by Crippen LogP contribution is 2.33. The molecule has 0 atom stereocenters. The van der Waals surface area contributed by atoms with Crippen LogP contribution < -0.4 is 20.3 Å². The summed E-state index contributed by atoms with van der Waals surface area (Å²) in [5, 5.41) is 4.93. The molecule has 0 aliphatic carbocycles. The molecule has 0 saturated carbocycles. The Bertz CT molecular complexity index is 960. The molecule has 3 amide bonds. The summed E-state index contributed by atoms with van der Waals surface area (Å²) < 4.78 is 31.8. The number of halogens is 2. The van der Waals surface area contributed by atoms with Crippen LogP contribution in [0.2, 0.25) is 0 Å². The van der Waals surface area contributed by atoms with Gasteiger partial charge in [0, 0.05) is 30.3 Å². The number of hydrogen-bond acceptors (Lipinski definition) is 4. The van der Waals surface area contributed by atoms with Gasteiger partial charge in [0.25, 0.3) is 5.91 Å². The summed E-state index contributed by atoms with van der Waals surface area (Å²) in [5.74, 6) is -2.60. The van der Waals surface area contributed by atoms with E-state index in [1.54, 1.807) is 23.1 Å². The molecule has 0 radical (unpaired) electrons. The Labute approximate surface area is 172 Å². The normalized spacial score (nSPS) is 13.7. The highest BCUT2D eigenvalue weighted by Gasteiger charge is 2.23. The van der Waals surface area contributed by atoms with Crippen LogP contribution >= 0.6 is 0 Å². The lowest BCUT2D eigenvalue weighted by atomic mass is 10.1. The van der Waals surface area contributed by atoms with E-state index in [-0.39, 0.29) is 11.5 Å². The van der Waals surface area contributed by atoms with Crippen molar-refractivity contribution in [1.29, 1.82) is 0 Å². The zero-order chi connectivity index (χ0) is 21.7. The minimum Gasteiger partial charge on any atom is -0.495 e. The maximum atomic E-state index is 13.2. The van der Waals surface area contributed by atoms with E-state index in [0.29, 0.717) is 36.2 Å². The van der Waals surface area contributed by atoms with Crippen LogP contribution in [0.25, 0.3) is 0 Å². The average Bonchev–Trinajstić information content (AvgIpc) is 2.71. The molecule has 0 aromatic heterocycles. The fourth-order valence-corrected chi connectivity index (χ4v) is 3.19. The zero-order valence-corrected chi connectivity index (χ0v) is 16.3. The number of carbonyl (C=O) groups excluding carboxylic acids is 3. The number of ether oxygens (including phenoxy) is 1. The maximum absolute atomic E-state index is 13.2. The molecule has 158 valence electrons. The van der Waals surface area contributed by atoms with Gasteiger partial charge in [-0.15, -0.1) is 0 Å². The van der Waals surface area contributed by atoms with Gasteiger partial charge in [-0.05, 0) is 43.2 Å². The molecule has 30 heavy (non-hydrogen) atoms. The van der Waals surface area contributed by atoms with Crippen LogP contribution in [0.4, 0.5) is 20.2 Å². The molecule has 1 heterocycles. The number of rotatable bonds is 6. The lowest BCUT2D eigenvalue weighted by Gasteiger charge is -2.28. The largest absolute Gasteiger partial charge is 0.495 e. The Morgan fingerprint density at radius 2 is 1.83 bits per heavy atom. The Kier molecular flexibility index (Phi) is 6.61. The molecule has 9 heteroatoms. The topological polar surface area (TPSA) is 87.7 Å². The highest BCUT2D eigenvalue weighted by atomic mass is 19.1. The first-order valence-corrected chi connectivity index (χ1v) is 9.40. The molecular weight excluding hydrogens is 396 g/mol. The molecule has 0 unspecified atom stereocenters. The van der Waals surface area contributed by atoms with E-state index in [4.69, 9.17) is 4.74 Å². The first kappa shape index (κ1) is 21.2. The SMILES string of the molecule is COc1ccc(NC(=O)CNC(=O)c2cc(F)cc(F)c2)cc1N1CCCCC1=O. The summed E-state index contributed by atoms with van der Waals surface area (Å²) in [5.41, 5.74) is 0.745. The summed E-state index contributed by atoms with van der Waals surface area (Å²) in [6.45, 7) is 0.161. The number of hydrogen-bond donors (Lipinski definition) is 2. The van der Waals surface area contributed by atoms with Crippen LogP contribution in [0.15, 0.2) is 36.4 Å². The molecule has 1 aliphatic heterocycles. The van der Waals surface area contributed by atoms with Crippen LogP contribution in [0, 0.1) is 11.6 Å². The monoisotopic (exact) mass is 417 g/mol.